The van der Waals surface area contributed by atoms with Crippen LogP contribution in [0, 0.1) is 5.41 Å². The molecule has 0 aromatic rings. The van der Waals surface area contributed by atoms with Crippen molar-refractivity contribution in [3.8, 4) is 0 Å². The zero-order chi connectivity index (χ0) is 13.3. The molecule has 108 valence electrons. The highest BCUT2D eigenvalue weighted by Crippen LogP contribution is 2.38. The summed E-state index contributed by atoms with van der Waals surface area (Å²) < 4.78 is 0. The molecule has 0 aromatic carbocycles. The first-order valence-corrected chi connectivity index (χ1v) is 8.46. The molecule has 1 fully saturated rings. The first-order valence-electron chi connectivity index (χ1n) is 8.46. The normalized spacial score (nSPS) is 23.2. The van der Waals surface area contributed by atoms with Crippen molar-refractivity contribution in [2.45, 2.75) is 97.4 Å². The molecule has 0 spiro atoms. The Labute approximate surface area is 115 Å². The average Bonchev–Trinajstić information content (AvgIpc) is 2.89. The smallest absolute Gasteiger partial charge is 0.0121 e. The Kier molecular flexibility index (Phi) is 7.97. The second-order valence-electron chi connectivity index (χ2n) is 6.57. The third-order valence-electron chi connectivity index (χ3n) is 4.85. The van der Waals surface area contributed by atoms with Crippen molar-refractivity contribution >= 4 is 0 Å². The molecule has 0 amide bonds. The molecular weight excluding hydrogens is 218 g/mol. The van der Waals surface area contributed by atoms with Crippen LogP contribution < -0.4 is 5.32 Å². The molecule has 2 atom stereocenters. The first kappa shape index (κ1) is 16.0. The zero-order valence-corrected chi connectivity index (χ0v) is 13.1. The Balaban J connectivity index is 2.39. The van der Waals surface area contributed by atoms with Crippen LogP contribution in [0.25, 0.3) is 0 Å². The third-order valence-corrected chi connectivity index (χ3v) is 4.85. The molecule has 2 unspecified atom stereocenters. The van der Waals surface area contributed by atoms with Gasteiger partial charge in [-0.2, -0.15) is 0 Å². The van der Waals surface area contributed by atoms with Gasteiger partial charge in [-0.3, -0.25) is 0 Å². The van der Waals surface area contributed by atoms with Crippen LogP contribution in [-0.2, 0) is 0 Å². The van der Waals surface area contributed by atoms with Crippen LogP contribution in [0.1, 0.15) is 91.4 Å². The van der Waals surface area contributed by atoms with Gasteiger partial charge in [-0.25, -0.2) is 0 Å². The Morgan fingerprint density at radius 3 is 2.11 bits per heavy atom. The van der Waals surface area contributed by atoms with Gasteiger partial charge in [-0.15, -0.1) is 0 Å². The van der Waals surface area contributed by atoms with E-state index in [1.165, 1.54) is 77.2 Å². The largest absolute Gasteiger partial charge is 0.313 e. The van der Waals surface area contributed by atoms with E-state index in [0.29, 0.717) is 5.41 Å². The molecule has 1 rings (SSSR count). The van der Waals surface area contributed by atoms with Crippen molar-refractivity contribution in [2.24, 2.45) is 5.41 Å². The van der Waals surface area contributed by atoms with Crippen molar-refractivity contribution in [3.05, 3.63) is 0 Å². The van der Waals surface area contributed by atoms with Crippen LogP contribution in [0.4, 0.5) is 0 Å². The molecule has 1 heterocycles. The molecule has 1 nitrogen and oxygen atoms in total. The Morgan fingerprint density at radius 1 is 0.944 bits per heavy atom. The topological polar surface area (TPSA) is 12.0 Å². The lowest BCUT2D eigenvalue weighted by molar-refractivity contribution is 0.183. The molecule has 18 heavy (non-hydrogen) atoms. The van der Waals surface area contributed by atoms with Gasteiger partial charge < -0.3 is 5.32 Å². The van der Waals surface area contributed by atoms with E-state index < -0.39 is 0 Å². The summed E-state index contributed by atoms with van der Waals surface area (Å²) in [6.07, 6.45) is 15.5. The number of unbranched alkanes of at least 4 members (excludes halogenated alkanes) is 5. The van der Waals surface area contributed by atoms with Crippen LogP contribution in [0.2, 0.25) is 0 Å². The average molecular weight is 253 g/mol. The summed E-state index contributed by atoms with van der Waals surface area (Å²) in [7, 11) is 0. The predicted octanol–water partition coefficient (Wildman–Crippen LogP) is 5.30. The van der Waals surface area contributed by atoms with E-state index >= 15 is 0 Å². The fourth-order valence-electron chi connectivity index (χ4n) is 3.49. The Bertz CT molecular complexity index is 196. The van der Waals surface area contributed by atoms with Crippen molar-refractivity contribution in [1.29, 1.82) is 0 Å². The molecular formula is C17H35N. The van der Waals surface area contributed by atoms with Gasteiger partial charge in [0, 0.05) is 6.04 Å². The van der Waals surface area contributed by atoms with Crippen LogP contribution in [0.3, 0.4) is 0 Å². The van der Waals surface area contributed by atoms with E-state index in [1.807, 2.05) is 0 Å². The second-order valence-corrected chi connectivity index (χ2v) is 6.57. The summed E-state index contributed by atoms with van der Waals surface area (Å²) in [6.45, 7) is 8.42. The number of rotatable bonds is 10. The SMILES string of the molecule is CCCCCCC(C)(CCCCC)C1CCCN1. The minimum Gasteiger partial charge on any atom is -0.313 e. The van der Waals surface area contributed by atoms with Crippen molar-refractivity contribution < 1.29 is 0 Å². The molecule has 1 aliphatic heterocycles. The molecule has 1 heteroatoms. The fraction of sp³-hybridized carbons (Fsp3) is 1.00. The molecule has 0 bridgehead atoms. The van der Waals surface area contributed by atoms with Gasteiger partial charge in [0.1, 0.15) is 0 Å². The summed E-state index contributed by atoms with van der Waals surface area (Å²) in [5.41, 5.74) is 0.569. The fourth-order valence-corrected chi connectivity index (χ4v) is 3.49. The van der Waals surface area contributed by atoms with E-state index in [0.717, 1.165) is 6.04 Å². The van der Waals surface area contributed by atoms with Crippen molar-refractivity contribution in [3.63, 3.8) is 0 Å². The molecule has 0 radical (unpaired) electrons. The molecule has 1 N–H and O–H groups in total. The lowest BCUT2D eigenvalue weighted by Crippen LogP contribution is -2.39. The Morgan fingerprint density at radius 2 is 1.56 bits per heavy atom. The van der Waals surface area contributed by atoms with Crippen molar-refractivity contribution in [2.75, 3.05) is 6.54 Å². The van der Waals surface area contributed by atoms with Crippen molar-refractivity contribution in [1.82, 2.24) is 5.32 Å². The Hall–Kier alpha value is -0.0400. The molecule has 0 saturated carbocycles. The summed E-state index contributed by atoms with van der Waals surface area (Å²) >= 11 is 0. The second kappa shape index (κ2) is 8.96. The number of hydrogen-bond donors (Lipinski definition) is 1. The van der Waals surface area contributed by atoms with Crippen LogP contribution >= 0.6 is 0 Å². The molecule has 1 saturated heterocycles. The quantitative estimate of drug-likeness (QED) is 0.521. The summed E-state index contributed by atoms with van der Waals surface area (Å²) in [6, 6.07) is 0.802. The lowest BCUT2D eigenvalue weighted by atomic mass is 9.73. The lowest BCUT2D eigenvalue weighted by Gasteiger charge is -2.36. The molecule has 0 aliphatic carbocycles. The van der Waals surface area contributed by atoms with Gasteiger partial charge in [0.25, 0.3) is 0 Å². The van der Waals surface area contributed by atoms with Gasteiger partial charge in [-0.05, 0) is 37.6 Å². The van der Waals surface area contributed by atoms with Gasteiger partial charge >= 0.3 is 0 Å². The first-order chi connectivity index (χ1) is 8.73. The van der Waals surface area contributed by atoms with Gasteiger partial charge in [-0.1, -0.05) is 65.7 Å². The highest BCUT2D eigenvalue weighted by Gasteiger charge is 2.34. The van der Waals surface area contributed by atoms with Crippen LogP contribution in [0.5, 0.6) is 0 Å². The number of nitrogens with one attached hydrogen (secondary N) is 1. The van der Waals surface area contributed by atoms with E-state index in [-0.39, 0.29) is 0 Å². The standard InChI is InChI=1S/C17H35N/c1-4-6-8-10-14-17(3,13-9-7-5-2)16-12-11-15-18-16/h16,18H,4-15H2,1-3H3. The maximum Gasteiger partial charge on any atom is 0.0121 e. The molecule has 0 aromatic heterocycles. The van der Waals surface area contributed by atoms with E-state index in [1.54, 1.807) is 0 Å². The number of hydrogen-bond acceptors (Lipinski definition) is 1. The van der Waals surface area contributed by atoms with E-state index in [2.05, 4.69) is 26.1 Å². The van der Waals surface area contributed by atoms with Gasteiger partial charge in [0.15, 0.2) is 0 Å². The zero-order valence-electron chi connectivity index (χ0n) is 13.1. The summed E-state index contributed by atoms with van der Waals surface area (Å²) in [4.78, 5) is 0. The third kappa shape index (κ3) is 5.30. The highest BCUT2D eigenvalue weighted by molar-refractivity contribution is 4.91. The van der Waals surface area contributed by atoms with Crippen LogP contribution in [0.15, 0.2) is 0 Å². The van der Waals surface area contributed by atoms with Gasteiger partial charge in [0.2, 0.25) is 0 Å². The van der Waals surface area contributed by atoms with E-state index in [9.17, 15) is 0 Å². The van der Waals surface area contributed by atoms with E-state index in [4.69, 9.17) is 0 Å². The summed E-state index contributed by atoms with van der Waals surface area (Å²) in [5, 5.41) is 3.77. The van der Waals surface area contributed by atoms with Crippen LogP contribution in [-0.4, -0.2) is 12.6 Å². The summed E-state index contributed by atoms with van der Waals surface area (Å²) in [5.74, 6) is 0. The predicted molar refractivity (Wildman–Crippen MR) is 82.0 cm³/mol. The monoisotopic (exact) mass is 253 g/mol. The maximum absolute atomic E-state index is 3.77. The minimum atomic E-state index is 0.569. The molecule has 1 aliphatic rings. The van der Waals surface area contributed by atoms with Gasteiger partial charge in [0.05, 0.1) is 0 Å². The maximum atomic E-state index is 3.77. The highest BCUT2D eigenvalue weighted by atomic mass is 15.0. The minimum absolute atomic E-state index is 0.569.